The van der Waals surface area contributed by atoms with Crippen LogP contribution in [0.3, 0.4) is 0 Å². The van der Waals surface area contributed by atoms with Gasteiger partial charge in [0.05, 0.1) is 0 Å². The maximum atomic E-state index is 12.5. The lowest BCUT2D eigenvalue weighted by atomic mass is 10.2. The molecule has 2 aromatic rings. The van der Waals surface area contributed by atoms with Crippen LogP contribution in [-0.2, 0) is 6.54 Å². The van der Waals surface area contributed by atoms with Gasteiger partial charge in [-0.3, -0.25) is 0 Å². The van der Waals surface area contributed by atoms with Gasteiger partial charge < -0.3 is 20.4 Å². The molecular formula is C21H26N4O2. The number of anilines is 1. The minimum Gasteiger partial charge on any atom is -0.334 e. The highest BCUT2D eigenvalue weighted by Gasteiger charge is 2.21. The van der Waals surface area contributed by atoms with E-state index in [1.807, 2.05) is 61.5 Å². The third-order valence-corrected chi connectivity index (χ3v) is 4.66. The van der Waals surface area contributed by atoms with Crippen molar-refractivity contribution < 1.29 is 9.59 Å². The number of hydrogen-bond acceptors (Lipinski definition) is 2. The van der Waals surface area contributed by atoms with Crippen molar-refractivity contribution in [3.63, 3.8) is 0 Å². The van der Waals surface area contributed by atoms with E-state index in [2.05, 4.69) is 10.6 Å². The maximum absolute atomic E-state index is 12.5. The van der Waals surface area contributed by atoms with E-state index in [9.17, 15) is 9.59 Å². The highest BCUT2D eigenvalue weighted by atomic mass is 16.2. The standard InChI is InChI=1S/C21H26N4O2/c1-17-8-10-19(11-9-17)23-21(27)25-13-5-12-24(14-15-25)20(26)22-16-18-6-3-2-4-7-18/h2-4,6-11H,5,12-16H2,1H3,(H,22,26)(H,23,27). The fourth-order valence-electron chi connectivity index (χ4n) is 3.05. The van der Waals surface area contributed by atoms with Crippen molar-refractivity contribution in [1.82, 2.24) is 15.1 Å². The second-order valence-corrected chi connectivity index (χ2v) is 6.77. The van der Waals surface area contributed by atoms with E-state index < -0.39 is 0 Å². The lowest BCUT2D eigenvalue weighted by molar-refractivity contribution is 0.195. The van der Waals surface area contributed by atoms with Crippen molar-refractivity contribution >= 4 is 17.7 Å². The molecule has 0 spiro atoms. The first kappa shape index (κ1) is 18.8. The van der Waals surface area contributed by atoms with Gasteiger partial charge in [0, 0.05) is 38.4 Å². The molecule has 0 radical (unpaired) electrons. The number of amides is 4. The fourth-order valence-corrected chi connectivity index (χ4v) is 3.05. The van der Waals surface area contributed by atoms with Crippen LogP contribution >= 0.6 is 0 Å². The summed E-state index contributed by atoms with van der Waals surface area (Å²) in [5.74, 6) is 0. The Morgan fingerprint density at radius 1 is 0.852 bits per heavy atom. The Morgan fingerprint density at radius 3 is 2.15 bits per heavy atom. The summed E-state index contributed by atoms with van der Waals surface area (Å²) in [6, 6.07) is 17.4. The Kier molecular flexibility index (Phi) is 6.30. The summed E-state index contributed by atoms with van der Waals surface area (Å²) in [5.41, 5.74) is 3.01. The number of carbonyl (C=O) groups excluding carboxylic acids is 2. The first-order chi connectivity index (χ1) is 13.1. The van der Waals surface area contributed by atoms with Crippen molar-refractivity contribution in [3.05, 3.63) is 65.7 Å². The predicted molar refractivity (Wildman–Crippen MR) is 107 cm³/mol. The first-order valence-corrected chi connectivity index (χ1v) is 9.31. The van der Waals surface area contributed by atoms with Crippen LogP contribution < -0.4 is 10.6 Å². The predicted octanol–water partition coefficient (Wildman–Crippen LogP) is 3.44. The van der Waals surface area contributed by atoms with Crippen molar-refractivity contribution in [2.75, 3.05) is 31.5 Å². The van der Waals surface area contributed by atoms with Crippen LogP contribution in [0.2, 0.25) is 0 Å². The fraction of sp³-hybridized carbons (Fsp3) is 0.333. The Hall–Kier alpha value is -3.02. The normalized spacial score (nSPS) is 14.4. The van der Waals surface area contributed by atoms with Crippen molar-refractivity contribution in [3.8, 4) is 0 Å². The zero-order valence-electron chi connectivity index (χ0n) is 15.6. The lowest BCUT2D eigenvalue weighted by Gasteiger charge is -2.23. The Morgan fingerprint density at radius 2 is 1.48 bits per heavy atom. The summed E-state index contributed by atoms with van der Waals surface area (Å²) < 4.78 is 0. The number of urea groups is 2. The average Bonchev–Trinajstić information content (AvgIpc) is 2.95. The Labute approximate surface area is 160 Å². The lowest BCUT2D eigenvalue weighted by Crippen LogP contribution is -2.43. The van der Waals surface area contributed by atoms with Gasteiger partial charge in [-0.15, -0.1) is 0 Å². The molecule has 142 valence electrons. The SMILES string of the molecule is Cc1ccc(NC(=O)N2CCCN(C(=O)NCc3ccccc3)CC2)cc1. The Bertz CT molecular complexity index is 762. The zero-order chi connectivity index (χ0) is 19.1. The van der Waals surface area contributed by atoms with Crippen LogP contribution in [0.1, 0.15) is 17.5 Å². The summed E-state index contributed by atoms with van der Waals surface area (Å²) in [4.78, 5) is 28.5. The molecule has 0 aliphatic carbocycles. The third kappa shape index (κ3) is 5.48. The van der Waals surface area contributed by atoms with Gasteiger partial charge in [-0.1, -0.05) is 48.0 Å². The molecule has 1 heterocycles. The van der Waals surface area contributed by atoms with Gasteiger partial charge in [0.25, 0.3) is 0 Å². The molecule has 6 nitrogen and oxygen atoms in total. The van der Waals surface area contributed by atoms with E-state index in [1.165, 1.54) is 0 Å². The molecule has 1 aliphatic rings. The molecule has 0 saturated carbocycles. The number of rotatable bonds is 3. The minimum absolute atomic E-state index is 0.0837. The van der Waals surface area contributed by atoms with E-state index in [0.29, 0.717) is 32.7 Å². The molecule has 2 N–H and O–H groups in total. The molecule has 1 saturated heterocycles. The number of nitrogens with zero attached hydrogens (tertiary/aromatic N) is 2. The third-order valence-electron chi connectivity index (χ3n) is 4.66. The molecule has 2 aromatic carbocycles. The van der Waals surface area contributed by atoms with Crippen molar-refractivity contribution in [2.45, 2.75) is 19.9 Å². The summed E-state index contributed by atoms with van der Waals surface area (Å²) in [5, 5.41) is 5.88. The van der Waals surface area contributed by atoms with Gasteiger partial charge in [-0.05, 0) is 31.0 Å². The summed E-state index contributed by atoms with van der Waals surface area (Å²) in [6.45, 7) is 4.86. The summed E-state index contributed by atoms with van der Waals surface area (Å²) in [7, 11) is 0. The molecule has 0 unspecified atom stereocenters. The number of hydrogen-bond donors (Lipinski definition) is 2. The van der Waals surface area contributed by atoms with E-state index in [4.69, 9.17) is 0 Å². The molecule has 1 aliphatic heterocycles. The van der Waals surface area contributed by atoms with E-state index in [1.54, 1.807) is 9.80 Å². The van der Waals surface area contributed by atoms with Gasteiger partial charge in [0.2, 0.25) is 0 Å². The van der Waals surface area contributed by atoms with Crippen molar-refractivity contribution in [2.24, 2.45) is 0 Å². The monoisotopic (exact) mass is 366 g/mol. The first-order valence-electron chi connectivity index (χ1n) is 9.31. The molecule has 1 fully saturated rings. The highest BCUT2D eigenvalue weighted by molar-refractivity contribution is 5.89. The number of aryl methyl sites for hydroxylation is 1. The molecule has 0 aromatic heterocycles. The smallest absolute Gasteiger partial charge is 0.321 e. The summed E-state index contributed by atoms with van der Waals surface area (Å²) in [6.07, 6.45) is 0.764. The number of benzene rings is 2. The molecule has 0 atom stereocenters. The molecule has 3 rings (SSSR count). The molecule has 27 heavy (non-hydrogen) atoms. The second kappa shape index (κ2) is 9.07. The zero-order valence-corrected chi connectivity index (χ0v) is 15.6. The molecular weight excluding hydrogens is 340 g/mol. The van der Waals surface area contributed by atoms with Gasteiger partial charge in [0.15, 0.2) is 0 Å². The molecule has 4 amide bonds. The van der Waals surface area contributed by atoms with Crippen LogP contribution in [0.25, 0.3) is 0 Å². The number of nitrogens with one attached hydrogen (secondary N) is 2. The van der Waals surface area contributed by atoms with E-state index in [0.717, 1.165) is 23.2 Å². The topological polar surface area (TPSA) is 64.7 Å². The van der Waals surface area contributed by atoms with Gasteiger partial charge >= 0.3 is 12.1 Å². The quantitative estimate of drug-likeness (QED) is 0.874. The van der Waals surface area contributed by atoms with Gasteiger partial charge in [0.1, 0.15) is 0 Å². The van der Waals surface area contributed by atoms with Gasteiger partial charge in [-0.25, -0.2) is 9.59 Å². The second-order valence-electron chi connectivity index (χ2n) is 6.77. The highest BCUT2D eigenvalue weighted by Crippen LogP contribution is 2.11. The van der Waals surface area contributed by atoms with Crippen LogP contribution in [0.5, 0.6) is 0 Å². The number of carbonyl (C=O) groups is 2. The van der Waals surface area contributed by atoms with Crippen LogP contribution in [0.15, 0.2) is 54.6 Å². The van der Waals surface area contributed by atoms with Gasteiger partial charge in [-0.2, -0.15) is 0 Å². The maximum Gasteiger partial charge on any atom is 0.321 e. The van der Waals surface area contributed by atoms with Crippen LogP contribution in [0.4, 0.5) is 15.3 Å². The molecule has 6 heteroatoms. The van der Waals surface area contributed by atoms with Crippen molar-refractivity contribution in [1.29, 1.82) is 0 Å². The largest absolute Gasteiger partial charge is 0.334 e. The minimum atomic E-state index is -0.120. The van der Waals surface area contributed by atoms with Crippen LogP contribution in [-0.4, -0.2) is 48.0 Å². The average molecular weight is 366 g/mol. The van der Waals surface area contributed by atoms with E-state index in [-0.39, 0.29) is 12.1 Å². The van der Waals surface area contributed by atoms with E-state index >= 15 is 0 Å². The molecule has 0 bridgehead atoms. The summed E-state index contributed by atoms with van der Waals surface area (Å²) >= 11 is 0. The Balaban J connectivity index is 1.48. The van der Waals surface area contributed by atoms with Crippen LogP contribution in [0, 0.1) is 6.92 Å².